The number of carbonyl (C=O) groups excluding carboxylic acids is 1. The largest absolute Gasteiger partial charge is 0.353 e. The number of nitrogens with two attached hydrogens (primary N) is 1. The molecule has 1 aliphatic heterocycles. The summed E-state index contributed by atoms with van der Waals surface area (Å²) in [7, 11) is 0. The first-order valence-corrected chi connectivity index (χ1v) is 5.72. The van der Waals surface area contributed by atoms with Crippen LogP contribution in [0.2, 0.25) is 0 Å². The van der Waals surface area contributed by atoms with Gasteiger partial charge in [0.25, 0.3) is 0 Å². The van der Waals surface area contributed by atoms with Crippen LogP contribution in [0.3, 0.4) is 0 Å². The Morgan fingerprint density at radius 1 is 1.64 bits per heavy atom. The summed E-state index contributed by atoms with van der Waals surface area (Å²) in [6.07, 6.45) is 2.18. The Labute approximate surface area is 96.0 Å². The molecule has 0 aliphatic carbocycles. The quantitative estimate of drug-likeness (QED) is 0.776. The minimum atomic E-state index is -0.307. The first kappa shape index (κ1) is 14.1. The standard InChI is InChI=1S/C9H18N2OS.ClH/c1-9(2,10)6-11-8(12)7-4-3-5-13-7;/h7H,3-6,10H2,1-2H3,(H,11,12);1H. The van der Waals surface area contributed by atoms with Crippen molar-refractivity contribution in [2.45, 2.75) is 37.5 Å². The second-order valence-corrected chi connectivity index (χ2v) is 5.52. The molecule has 1 amide bonds. The van der Waals surface area contributed by atoms with Gasteiger partial charge in [-0.25, -0.2) is 0 Å². The molecule has 1 unspecified atom stereocenters. The highest BCUT2D eigenvalue weighted by atomic mass is 35.5. The van der Waals surface area contributed by atoms with Crippen molar-refractivity contribution in [3.05, 3.63) is 0 Å². The summed E-state index contributed by atoms with van der Waals surface area (Å²) in [5.41, 5.74) is 5.45. The fourth-order valence-corrected chi connectivity index (χ4v) is 2.40. The van der Waals surface area contributed by atoms with E-state index in [-0.39, 0.29) is 29.1 Å². The molecule has 0 spiro atoms. The van der Waals surface area contributed by atoms with E-state index in [1.165, 1.54) is 0 Å². The minimum Gasteiger partial charge on any atom is -0.353 e. The van der Waals surface area contributed by atoms with Crippen LogP contribution >= 0.6 is 24.2 Å². The number of hydrogen-bond donors (Lipinski definition) is 2. The Morgan fingerprint density at radius 3 is 2.71 bits per heavy atom. The highest BCUT2D eigenvalue weighted by Crippen LogP contribution is 2.25. The lowest BCUT2D eigenvalue weighted by atomic mass is 10.1. The molecule has 14 heavy (non-hydrogen) atoms. The van der Waals surface area contributed by atoms with Gasteiger partial charge in [-0.15, -0.1) is 24.2 Å². The molecule has 0 aromatic heterocycles. The van der Waals surface area contributed by atoms with E-state index in [2.05, 4.69) is 5.32 Å². The van der Waals surface area contributed by atoms with Gasteiger partial charge >= 0.3 is 0 Å². The molecule has 0 radical (unpaired) electrons. The van der Waals surface area contributed by atoms with Gasteiger partial charge in [0, 0.05) is 12.1 Å². The van der Waals surface area contributed by atoms with Crippen LogP contribution in [-0.4, -0.2) is 29.0 Å². The molecule has 0 aromatic rings. The number of halogens is 1. The van der Waals surface area contributed by atoms with Gasteiger partial charge in [0.15, 0.2) is 0 Å². The van der Waals surface area contributed by atoms with Crippen molar-refractivity contribution in [3.63, 3.8) is 0 Å². The van der Waals surface area contributed by atoms with Gasteiger partial charge in [-0.1, -0.05) is 0 Å². The van der Waals surface area contributed by atoms with E-state index in [0.29, 0.717) is 6.54 Å². The van der Waals surface area contributed by atoms with Gasteiger partial charge in [0.05, 0.1) is 5.25 Å². The van der Waals surface area contributed by atoms with Gasteiger partial charge in [-0.2, -0.15) is 0 Å². The van der Waals surface area contributed by atoms with E-state index in [9.17, 15) is 4.79 Å². The van der Waals surface area contributed by atoms with Crippen molar-refractivity contribution in [1.29, 1.82) is 0 Å². The Bertz CT molecular complexity index is 188. The average Bonchev–Trinajstić information content (AvgIpc) is 2.50. The van der Waals surface area contributed by atoms with E-state index < -0.39 is 0 Å². The summed E-state index contributed by atoms with van der Waals surface area (Å²) >= 11 is 1.75. The number of rotatable bonds is 3. The molecule has 1 fully saturated rings. The van der Waals surface area contributed by atoms with Crippen LogP contribution in [0, 0.1) is 0 Å². The van der Waals surface area contributed by atoms with Crippen molar-refractivity contribution in [3.8, 4) is 0 Å². The van der Waals surface area contributed by atoms with Crippen molar-refractivity contribution in [2.24, 2.45) is 5.73 Å². The summed E-state index contributed by atoms with van der Waals surface area (Å²) in [5.74, 6) is 1.27. The second kappa shape index (κ2) is 5.83. The summed E-state index contributed by atoms with van der Waals surface area (Å²) < 4.78 is 0. The Morgan fingerprint density at radius 2 is 2.29 bits per heavy atom. The molecule has 3 N–H and O–H groups in total. The first-order valence-electron chi connectivity index (χ1n) is 4.67. The Hall–Kier alpha value is 0.0700. The van der Waals surface area contributed by atoms with E-state index in [4.69, 9.17) is 5.73 Å². The third-order valence-corrected chi connectivity index (χ3v) is 3.32. The Kier molecular flexibility index (Phi) is 5.86. The van der Waals surface area contributed by atoms with Gasteiger partial charge in [0.2, 0.25) is 5.91 Å². The lowest BCUT2D eigenvalue weighted by Gasteiger charge is -2.20. The lowest BCUT2D eigenvalue weighted by Crippen LogP contribution is -2.46. The maximum absolute atomic E-state index is 11.5. The number of hydrogen-bond acceptors (Lipinski definition) is 3. The molecule has 84 valence electrons. The lowest BCUT2D eigenvalue weighted by molar-refractivity contribution is -0.120. The van der Waals surface area contributed by atoms with Crippen molar-refractivity contribution < 1.29 is 4.79 Å². The van der Waals surface area contributed by atoms with E-state index >= 15 is 0 Å². The molecule has 0 bridgehead atoms. The predicted molar refractivity (Wildman–Crippen MR) is 64.0 cm³/mol. The highest BCUT2D eigenvalue weighted by molar-refractivity contribution is 8.00. The zero-order valence-corrected chi connectivity index (χ0v) is 10.3. The zero-order chi connectivity index (χ0) is 9.90. The summed E-state index contributed by atoms with van der Waals surface area (Å²) in [5, 5.41) is 3.05. The molecule has 5 heteroatoms. The summed E-state index contributed by atoms with van der Waals surface area (Å²) in [4.78, 5) is 11.5. The van der Waals surface area contributed by atoms with Crippen LogP contribution in [-0.2, 0) is 4.79 Å². The SMILES string of the molecule is CC(C)(N)CNC(=O)C1CCCS1.Cl. The fourth-order valence-electron chi connectivity index (χ4n) is 1.21. The monoisotopic (exact) mass is 238 g/mol. The van der Waals surface area contributed by atoms with Crippen molar-refractivity contribution in [1.82, 2.24) is 5.32 Å². The van der Waals surface area contributed by atoms with E-state index in [1.807, 2.05) is 13.8 Å². The minimum absolute atomic E-state index is 0. The summed E-state index contributed by atoms with van der Waals surface area (Å²) in [6.45, 7) is 4.38. The van der Waals surface area contributed by atoms with E-state index in [0.717, 1.165) is 18.6 Å². The third kappa shape index (κ3) is 5.08. The number of carbonyl (C=O) groups is 1. The third-order valence-electron chi connectivity index (χ3n) is 1.94. The molecule has 3 nitrogen and oxygen atoms in total. The maximum Gasteiger partial charge on any atom is 0.233 e. The molecule has 1 saturated heterocycles. The number of amides is 1. The fraction of sp³-hybridized carbons (Fsp3) is 0.889. The predicted octanol–water partition coefficient (Wildman–Crippen LogP) is 1.16. The van der Waals surface area contributed by atoms with Crippen LogP contribution in [0.5, 0.6) is 0 Å². The number of nitrogens with one attached hydrogen (secondary N) is 1. The topological polar surface area (TPSA) is 55.1 Å². The molecule has 0 aromatic carbocycles. The number of thioether (sulfide) groups is 1. The van der Waals surface area contributed by atoms with Gasteiger partial charge in [0.1, 0.15) is 0 Å². The molecule has 1 atom stereocenters. The van der Waals surface area contributed by atoms with Crippen LogP contribution < -0.4 is 11.1 Å². The van der Waals surface area contributed by atoms with Gasteiger partial charge < -0.3 is 11.1 Å². The maximum atomic E-state index is 11.5. The zero-order valence-electron chi connectivity index (χ0n) is 8.71. The Balaban J connectivity index is 0.00000169. The molecular weight excluding hydrogens is 220 g/mol. The first-order chi connectivity index (χ1) is 5.99. The van der Waals surface area contributed by atoms with Crippen LogP contribution in [0.1, 0.15) is 26.7 Å². The highest BCUT2D eigenvalue weighted by Gasteiger charge is 2.24. The molecule has 1 aliphatic rings. The van der Waals surface area contributed by atoms with Crippen LogP contribution in [0.15, 0.2) is 0 Å². The van der Waals surface area contributed by atoms with Gasteiger partial charge in [-0.3, -0.25) is 4.79 Å². The van der Waals surface area contributed by atoms with Crippen LogP contribution in [0.4, 0.5) is 0 Å². The average molecular weight is 239 g/mol. The summed E-state index contributed by atoms with van der Waals surface area (Å²) in [6, 6.07) is 0. The second-order valence-electron chi connectivity index (χ2n) is 4.21. The normalized spacial score (nSPS) is 21.5. The van der Waals surface area contributed by atoms with Crippen LogP contribution in [0.25, 0.3) is 0 Å². The smallest absolute Gasteiger partial charge is 0.233 e. The van der Waals surface area contributed by atoms with Crippen molar-refractivity contribution >= 4 is 30.1 Å². The van der Waals surface area contributed by atoms with E-state index in [1.54, 1.807) is 11.8 Å². The van der Waals surface area contributed by atoms with Crippen molar-refractivity contribution in [2.75, 3.05) is 12.3 Å². The molecule has 1 heterocycles. The van der Waals surface area contributed by atoms with Gasteiger partial charge in [-0.05, 0) is 32.4 Å². The molecule has 0 saturated carbocycles. The molecule has 1 rings (SSSR count). The molecular formula is C9H19ClN2OS.